The van der Waals surface area contributed by atoms with Gasteiger partial charge in [0, 0.05) is 6.04 Å². The van der Waals surface area contributed by atoms with Crippen LogP contribution in [0.5, 0.6) is 11.5 Å². The highest BCUT2D eigenvalue weighted by atomic mass is 16.6. The third-order valence-corrected chi connectivity index (χ3v) is 3.73. The molecule has 0 radical (unpaired) electrons. The van der Waals surface area contributed by atoms with Crippen LogP contribution < -0.4 is 20.7 Å². The van der Waals surface area contributed by atoms with Gasteiger partial charge in [0.05, 0.1) is 0 Å². The van der Waals surface area contributed by atoms with Crippen LogP contribution in [-0.2, 0) is 0 Å². The maximum Gasteiger partial charge on any atom is 0.161 e. The number of hydrogen-bond donors (Lipinski definition) is 2. The van der Waals surface area contributed by atoms with Crippen LogP contribution in [0, 0.1) is 5.92 Å². The minimum Gasteiger partial charge on any atom is -0.486 e. The highest BCUT2D eigenvalue weighted by Gasteiger charge is 2.28. The lowest BCUT2D eigenvalue weighted by atomic mass is 9.77. The van der Waals surface area contributed by atoms with Crippen LogP contribution >= 0.6 is 0 Å². The van der Waals surface area contributed by atoms with E-state index in [1.54, 1.807) is 0 Å². The third-order valence-electron chi connectivity index (χ3n) is 3.73. The van der Waals surface area contributed by atoms with Crippen molar-refractivity contribution in [3.05, 3.63) is 23.8 Å². The molecule has 1 heterocycles. The molecule has 1 aliphatic heterocycles. The van der Waals surface area contributed by atoms with Crippen molar-refractivity contribution in [3.63, 3.8) is 0 Å². The predicted molar refractivity (Wildman–Crippen MR) is 64.8 cm³/mol. The van der Waals surface area contributed by atoms with Crippen LogP contribution in [-0.4, -0.2) is 13.2 Å². The van der Waals surface area contributed by atoms with Crippen LogP contribution in [0.3, 0.4) is 0 Å². The zero-order valence-electron chi connectivity index (χ0n) is 9.82. The van der Waals surface area contributed by atoms with Gasteiger partial charge in [-0.3, -0.25) is 11.3 Å². The molecule has 0 saturated heterocycles. The minimum atomic E-state index is 0.236. The Balaban J connectivity index is 1.86. The van der Waals surface area contributed by atoms with Gasteiger partial charge < -0.3 is 9.47 Å². The molecular formula is C13H18N2O2. The second-order valence-corrected chi connectivity index (χ2v) is 4.74. The van der Waals surface area contributed by atoms with Gasteiger partial charge in [-0.15, -0.1) is 0 Å². The predicted octanol–water partition coefficient (Wildman–Crippen LogP) is 1.76. The Morgan fingerprint density at radius 2 is 1.94 bits per heavy atom. The first-order valence-corrected chi connectivity index (χ1v) is 6.24. The number of benzene rings is 1. The van der Waals surface area contributed by atoms with Gasteiger partial charge >= 0.3 is 0 Å². The summed E-state index contributed by atoms with van der Waals surface area (Å²) in [7, 11) is 0. The van der Waals surface area contributed by atoms with Gasteiger partial charge in [0.2, 0.25) is 0 Å². The van der Waals surface area contributed by atoms with E-state index in [0.717, 1.165) is 11.5 Å². The van der Waals surface area contributed by atoms with Crippen molar-refractivity contribution in [2.24, 2.45) is 11.8 Å². The fourth-order valence-electron chi connectivity index (χ4n) is 2.53. The van der Waals surface area contributed by atoms with E-state index >= 15 is 0 Å². The average molecular weight is 234 g/mol. The van der Waals surface area contributed by atoms with E-state index in [0.29, 0.717) is 19.1 Å². The molecule has 1 unspecified atom stereocenters. The summed E-state index contributed by atoms with van der Waals surface area (Å²) in [6, 6.07) is 6.35. The van der Waals surface area contributed by atoms with Crippen molar-refractivity contribution in [3.8, 4) is 11.5 Å². The van der Waals surface area contributed by atoms with E-state index in [1.165, 1.54) is 24.8 Å². The van der Waals surface area contributed by atoms with E-state index < -0.39 is 0 Å². The molecule has 17 heavy (non-hydrogen) atoms. The molecule has 0 aromatic heterocycles. The monoisotopic (exact) mass is 234 g/mol. The number of rotatable bonds is 3. The zero-order valence-corrected chi connectivity index (χ0v) is 9.82. The van der Waals surface area contributed by atoms with E-state index in [-0.39, 0.29) is 6.04 Å². The summed E-state index contributed by atoms with van der Waals surface area (Å²) in [6.07, 6.45) is 3.82. The third kappa shape index (κ3) is 1.98. The van der Waals surface area contributed by atoms with Crippen LogP contribution in [0.4, 0.5) is 0 Å². The summed E-state index contributed by atoms with van der Waals surface area (Å²) in [5, 5.41) is 0. The van der Waals surface area contributed by atoms with Crippen LogP contribution in [0.1, 0.15) is 30.9 Å². The van der Waals surface area contributed by atoms with Crippen molar-refractivity contribution in [2.45, 2.75) is 25.3 Å². The van der Waals surface area contributed by atoms with E-state index in [4.69, 9.17) is 15.3 Å². The number of nitrogens with one attached hydrogen (secondary N) is 1. The van der Waals surface area contributed by atoms with Gasteiger partial charge in [-0.05, 0) is 36.5 Å². The highest BCUT2D eigenvalue weighted by Crippen LogP contribution is 2.40. The van der Waals surface area contributed by atoms with Crippen molar-refractivity contribution < 1.29 is 9.47 Å². The molecule has 3 N–H and O–H groups in total. The number of nitrogens with two attached hydrogens (primary N) is 1. The maximum atomic E-state index is 5.67. The van der Waals surface area contributed by atoms with Gasteiger partial charge in [-0.2, -0.15) is 0 Å². The minimum absolute atomic E-state index is 0.236. The topological polar surface area (TPSA) is 56.5 Å². The normalized spacial score (nSPS) is 20.8. The van der Waals surface area contributed by atoms with E-state index in [1.807, 2.05) is 6.07 Å². The second kappa shape index (κ2) is 4.55. The SMILES string of the molecule is NNC(c1ccc2c(c1)OCCO2)C1CCC1. The standard InChI is InChI=1S/C13H18N2O2/c14-15-13(9-2-1-3-9)10-4-5-11-12(8-10)17-7-6-16-11/h4-5,8-9,13,15H,1-3,6-7,14H2. The molecule has 0 amide bonds. The van der Waals surface area contributed by atoms with Crippen molar-refractivity contribution in [1.82, 2.24) is 5.43 Å². The summed E-state index contributed by atoms with van der Waals surface area (Å²) in [6.45, 7) is 1.26. The molecule has 1 aliphatic carbocycles. The molecule has 3 rings (SSSR count). The average Bonchev–Trinajstić information content (AvgIpc) is 2.33. The Kier molecular flexibility index (Phi) is 2.91. The molecule has 4 nitrogen and oxygen atoms in total. The van der Waals surface area contributed by atoms with Crippen LogP contribution in [0.15, 0.2) is 18.2 Å². The van der Waals surface area contributed by atoms with Gasteiger partial charge in [0.15, 0.2) is 11.5 Å². The first-order chi connectivity index (χ1) is 8.38. The van der Waals surface area contributed by atoms with Gasteiger partial charge in [0.25, 0.3) is 0 Å². The largest absolute Gasteiger partial charge is 0.486 e. The fourth-order valence-corrected chi connectivity index (χ4v) is 2.53. The summed E-state index contributed by atoms with van der Waals surface area (Å²) in [5.41, 5.74) is 4.13. The fraction of sp³-hybridized carbons (Fsp3) is 0.538. The Hall–Kier alpha value is -1.26. The molecule has 2 aliphatic rings. The van der Waals surface area contributed by atoms with Crippen LogP contribution in [0.2, 0.25) is 0 Å². The molecule has 0 spiro atoms. The van der Waals surface area contributed by atoms with Crippen molar-refractivity contribution in [2.75, 3.05) is 13.2 Å². The van der Waals surface area contributed by atoms with Crippen molar-refractivity contribution >= 4 is 0 Å². The van der Waals surface area contributed by atoms with E-state index in [9.17, 15) is 0 Å². The molecule has 1 saturated carbocycles. The molecule has 1 fully saturated rings. The Labute approximate surface area is 101 Å². The quantitative estimate of drug-likeness (QED) is 0.618. The lowest BCUT2D eigenvalue weighted by molar-refractivity contribution is 0.170. The first-order valence-electron chi connectivity index (χ1n) is 6.24. The van der Waals surface area contributed by atoms with E-state index in [2.05, 4.69) is 17.6 Å². The first kappa shape index (κ1) is 10.9. The number of hydrogen-bond acceptors (Lipinski definition) is 4. The summed E-state index contributed by atoms with van der Waals surface area (Å²) in [5.74, 6) is 8.00. The lowest BCUT2D eigenvalue weighted by Crippen LogP contribution is -2.36. The smallest absolute Gasteiger partial charge is 0.161 e. The Bertz CT molecular complexity index is 404. The molecule has 1 aromatic rings. The number of ether oxygens (including phenoxy) is 2. The Morgan fingerprint density at radius 1 is 1.18 bits per heavy atom. The van der Waals surface area contributed by atoms with Gasteiger partial charge in [0.1, 0.15) is 13.2 Å². The summed E-state index contributed by atoms with van der Waals surface area (Å²) >= 11 is 0. The number of hydrazine groups is 1. The number of fused-ring (bicyclic) bond motifs is 1. The van der Waals surface area contributed by atoms with Gasteiger partial charge in [-0.25, -0.2) is 0 Å². The highest BCUT2D eigenvalue weighted by molar-refractivity contribution is 5.44. The maximum absolute atomic E-state index is 5.67. The molecule has 0 bridgehead atoms. The second-order valence-electron chi connectivity index (χ2n) is 4.74. The molecule has 92 valence electrons. The summed E-state index contributed by atoms with van der Waals surface area (Å²) in [4.78, 5) is 0. The zero-order chi connectivity index (χ0) is 11.7. The molecule has 1 atom stereocenters. The van der Waals surface area contributed by atoms with Crippen molar-refractivity contribution in [1.29, 1.82) is 0 Å². The Morgan fingerprint density at radius 3 is 2.59 bits per heavy atom. The van der Waals surface area contributed by atoms with Gasteiger partial charge in [-0.1, -0.05) is 12.5 Å². The van der Waals surface area contributed by atoms with Crippen LogP contribution in [0.25, 0.3) is 0 Å². The lowest BCUT2D eigenvalue weighted by Gasteiger charge is -2.34. The molecular weight excluding hydrogens is 216 g/mol. The summed E-state index contributed by atoms with van der Waals surface area (Å²) < 4.78 is 11.1. The molecule has 1 aromatic carbocycles. The molecule has 4 heteroatoms.